The average molecular weight is 390 g/mol. The predicted molar refractivity (Wildman–Crippen MR) is 85.1 cm³/mol. The first-order valence-corrected chi connectivity index (χ1v) is 8.16. The van der Waals surface area contributed by atoms with Gasteiger partial charge in [-0.15, -0.1) is 11.3 Å². The minimum absolute atomic E-state index is 0.316. The molecule has 0 aliphatic carbocycles. The molecule has 1 heterocycles. The lowest BCUT2D eigenvalue weighted by Gasteiger charge is -2.12. The summed E-state index contributed by atoms with van der Waals surface area (Å²) in [4.78, 5) is 1.66. The Hall–Kier alpha value is -0.320. The van der Waals surface area contributed by atoms with Crippen molar-refractivity contribution in [2.75, 3.05) is 7.11 Å². The van der Waals surface area contributed by atoms with Crippen LogP contribution in [0, 0.1) is 6.92 Å². The number of para-hydroxylation sites is 1. The summed E-state index contributed by atoms with van der Waals surface area (Å²) >= 11 is 9.09. The molecule has 0 fully saturated rings. The van der Waals surface area contributed by atoms with Crippen LogP contribution >= 0.6 is 43.2 Å². The van der Waals surface area contributed by atoms with Crippen LogP contribution in [0.4, 0.5) is 0 Å². The SMILES string of the molecule is COc1ccccc1CC(Br)c1cc(Br)sc1C. The van der Waals surface area contributed by atoms with E-state index in [1.165, 1.54) is 19.8 Å². The summed E-state index contributed by atoms with van der Waals surface area (Å²) in [7, 11) is 1.72. The van der Waals surface area contributed by atoms with Crippen LogP contribution in [0.3, 0.4) is 0 Å². The lowest BCUT2D eigenvalue weighted by Crippen LogP contribution is -1.98. The van der Waals surface area contributed by atoms with Gasteiger partial charge in [-0.3, -0.25) is 0 Å². The molecule has 4 heteroatoms. The fourth-order valence-electron chi connectivity index (χ4n) is 1.94. The number of benzene rings is 1. The third-order valence-electron chi connectivity index (χ3n) is 2.86. The van der Waals surface area contributed by atoms with Crippen molar-refractivity contribution in [2.45, 2.75) is 18.2 Å². The third kappa shape index (κ3) is 3.16. The molecule has 0 aliphatic rings. The highest BCUT2D eigenvalue weighted by Gasteiger charge is 2.15. The molecule has 1 aromatic heterocycles. The zero-order valence-corrected chi connectivity index (χ0v) is 14.2. The molecule has 0 bridgehead atoms. The molecule has 0 amide bonds. The van der Waals surface area contributed by atoms with Gasteiger partial charge in [-0.25, -0.2) is 0 Å². The van der Waals surface area contributed by atoms with Crippen LogP contribution in [0.2, 0.25) is 0 Å². The minimum Gasteiger partial charge on any atom is -0.496 e. The molecule has 1 unspecified atom stereocenters. The highest BCUT2D eigenvalue weighted by Crippen LogP contribution is 2.37. The number of methoxy groups -OCH3 is 1. The average Bonchev–Trinajstić information content (AvgIpc) is 2.69. The Labute approximate surface area is 128 Å². The van der Waals surface area contributed by atoms with Gasteiger partial charge in [0.1, 0.15) is 5.75 Å². The lowest BCUT2D eigenvalue weighted by atomic mass is 10.0. The van der Waals surface area contributed by atoms with E-state index in [-0.39, 0.29) is 0 Å². The van der Waals surface area contributed by atoms with Gasteiger partial charge in [0.05, 0.1) is 10.9 Å². The first kappa shape index (κ1) is 14.1. The lowest BCUT2D eigenvalue weighted by molar-refractivity contribution is 0.409. The van der Waals surface area contributed by atoms with Gasteiger partial charge in [0.15, 0.2) is 0 Å². The number of alkyl halides is 1. The molecular formula is C14H14Br2OS. The van der Waals surface area contributed by atoms with Crippen LogP contribution in [0.15, 0.2) is 34.1 Å². The topological polar surface area (TPSA) is 9.23 Å². The number of hydrogen-bond acceptors (Lipinski definition) is 2. The zero-order valence-electron chi connectivity index (χ0n) is 10.2. The van der Waals surface area contributed by atoms with Gasteiger partial charge < -0.3 is 4.74 Å². The molecule has 18 heavy (non-hydrogen) atoms. The molecule has 96 valence electrons. The molecule has 1 aromatic carbocycles. The number of thiophene rings is 1. The van der Waals surface area contributed by atoms with E-state index in [1.54, 1.807) is 18.4 Å². The maximum absolute atomic E-state index is 5.39. The van der Waals surface area contributed by atoms with Crippen LogP contribution in [-0.2, 0) is 6.42 Å². The fourth-order valence-corrected chi connectivity index (χ4v) is 4.69. The van der Waals surface area contributed by atoms with Crippen molar-refractivity contribution in [3.63, 3.8) is 0 Å². The molecule has 2 aromatic rings. The Kier molecular flexibility index (Phi) is 4.87. The van der Waals surface area contributed by atoms with Gasteiger partial charge in [0.25, 0.3) is 0 Å². The predicted octanol–water partition coefficient (Wildman–Crippen LogP) is 5.51. The van der Waals surface area contributed by atoms with Crippen LogP contribution in [0.1, 0.15) is 20.8 Å². The van der Waals surface area contributed by atoms with Crippen molar-refractivity contribution in [2.24, 2.45) is 0 Å². The summed E-state index contributed by atoms with van der Waals surface area (Å²) < 4.78 is 6.57. The Morgan fingerprint density at radius 2 is 2.06 bits per heavy atom. The van der Waals surface area contributed by atoms with Gasteiger partial charge in [-0.05, 0) is 52.5 Å². The Bertz CT molecular complexity index is 536. The minimum atomic E-state index is 0.316. The van der Waals surface area contributed by atoms with Gasteiger partial charge in [0.2, 0.25) is 0 Å². The molecule has 0 saturated heterocycles. The first-order chi connectivity index (χ1) is 8.61. The molecular weight excluding hydrogens is 376 g/mol. The van der Waals surface area contributed by atoms with Crippen molar-refractivity contribution in [1.29, 1.82) is 0 Å². The summed E-state index contributed by atoms with van der Waals surface area (Å²) in [5.74, 6) is 0.953. The molecule has 0 aliphatic heterocycles. The van der Waals surface area contributed by atoms with E-state index in [2.05, 4.69) is 50.9 Å². The Morgan fingerprint density at radius 3 is 2.67 bits per heavy atom. The Morgan fingerprint density at radius 1 is 1.33 bits per heavy atom. The molecule has 0 radical (unpaired) electrons. The monoisotopic (exact) mass is 388 g/mol. The quantitative estimate of drug-likeness (QED) is 0.626. The van der Waals surface area contributed by atoms with Crippen LogP contribution in [-0.4, -0.2) is 7.11 Å². The summed E-state index contributed by atoms with van der Waals surface area (Å²) in [6, 6.07) is 10.4. The number of halogens is 2. The van der Waals surface area contributed by atoms with Gasteiger partial charge in [-0.1, -0.05) is 34.1 Å². The second-order valence-electron chi connectivity index (χ2n) is 4.05. The van der Waals surface area contributed by atoms with E-state index in [9.17, 15) is 0 Å². The maximum atomic E-state index is 5.39. The number of hydrogen-bond donors (Lipinski definition) is 0. The summed E-state index contributed by atoms with van der Waals surface area (Å²) in [6.07, 6.45) is 0.925. The van der Waals surface area contributed by atoms with E-state index in [4.69, 9.17) is 4.74 Å². The van der Waals surface area contributed by atoms with E-state index in [0.29, 0.717) is 4.83 Å². The van der Waals surface area contributed by atoms with Crippen molar-refractivity contribution >= 4 is 43.2 Å². The summed E-state index contributed by atoms with van der Waals surface area (Å²) in [6.45, 7) is 2.15. The maximum Gasteiger partial charge on any atom is 0.122 e. The number of rotatable bonds is 4. The first-order valence-electron chi connectivity index (χ1n) is 5.63. The van der Waals surface area contributed by atoms with Crippen molar-refractivity contribution < 1.29 is 4.74 Å². The zero-order chi connectivity index (χ0) is 13.1. The molecule has 1 nitrogen and oxygen atoms in total. The van der Waals surface area contributed by atoms with Crippen molar-refractivity contribution in [3.8, 4) is 5.75 Å². The highest BCUT2D eigenvalue weighted by atomic mass is 79.9. The van der Waals surface area contributed by atoms with Gasteiger partial charge in [-0.2, -0.15) is 0 Å². The number of aryl methyl sites for hydroxylation is 1. The molecule has 2 rings (SSSR count). The smallest absolute Gasteiger partial charge is 0.122 e. The van der Waals surface area contributed by atoms with E-state index < -0.39 is 0 Å². The molecule has 0 N–H and O–H groups in total. The standard InChI is InChI=1S/C14H14Br2OS/c1-9-11(8-14(16)18-9)12(15)7-10-5-3-4-6-13(10)17-2/h3-6,8,12H,7H2,1-2H3. The van der Waals surface area contributed by atoms with Crippen LogP contribution in [0.5, 0.6) is 5.75 Å². The van der Waals surface area contributed by atoms with E-state index >= 15 is 0 Å². The van der Waals surface area contributed by atoms with Crippen LogP contribution < -0.4 is 4.74 Å². The largest absolute Gasteiger partial charge is 0.496 e. The van der Waals surface area contributed by atoms with E-state index in [0.717, 1.165) is 12.2 Å². The van der Waals surface area contributed by atoms with Gasteiger partial charge >= 0.3 is 0 Å². The third-order valence-corrected chi connectivity index (χ3v) is 5.24. The summed E-state index contributed by atoms with van der Waals surface area (Å²) in [5, 5.41) is 0. The van der Waals surface area contributed by atoms with Crippen LogP contribution in [0.25, 0.3) is 0 Å². The van der Waals surface area contributed by atoms with E-state index in [1.807, 2.05) is 18.2 Å². The Balaban J connectivity index is 2.21. The second kappa shape index (κ2) is 6.22. The molecule has 0 spiro atoms. The van der Waals surface area contributed by atoms with Crippen molar-refractivity contribution in [1.82, 2.24) is 0 Å². The number of ether oxygens (including phenoxy) is 1. The summed E-state index contributed by atoms with van der Waals surface area (Å²) in [5.41, 5.74) is 2.57. The highest BCUT2D eigenvalue weighted by molar-refractivity contribution is 9.11. The van der Waals surface area contributed by atoms with Crippen molar-refractivity contribution in [3.05, 3.63) is 50.1 Å². The molecule has 0 saturated carbocycles. The fraction of sp³-hybridized carbons (Fsp3) is 0.286. The normalized spacial score (nSPS) is 12.4. The van der Waals surface area contributed by atoms with Gasteiger partial charge in [0, 0.05) is 9.70 Å². The second-order valence-corrected chi connectivity index (χ2v) is 7.79. The molecule has 1 atom stereocenters.